The molecule has 7 nitrogen and oxygen atoms in total. The fourth-order valence-electron chi connectivity index (χ4n) is 2.55. The molecule has 3 rings (SSSR count). The monoisotopic (exact) mass is 435 g/mol. The van der Waals surface area contributed by atoms with E-state index < -0.39 is 17.8 Å². The first-order chi connectivity index (χ1) is 14.9. The minimum Gasteiger partial charge on any atom is -0.422 e. The van der Waals surface area contributed by atoms with Crippen LogP contribution in [-0.4, -0.2) is 24.0 Å². The summed E-state index contributed by atoms with van der Waals surface area (Å²) in [6, 6.07) is 20.0. The van der Waals surface area contributed by atoms with E-state index in [0.29, 0.717) is 21.8 Å². The average Bonchev–Trinajstić information content (AvgIpc) is 2.75. The fourth-order valence-corrected chi connectivity index (χ4v) is 2.67. The van der Waals surface area contributed by atoms with Gasteiger partial charge < -0.3 is 10.1 Å². The molecule has 2 N–H and O–H groups in total. The number of nitrogens with one attached hydrogen (secondary N) is 2. The molecule has 0 spiro atoms. The lowest BCUT2D eigenvalue weighted by Gasteiger charge is -2.07. The second-order valence-electron chi connectivity index (χ2n) is 6.46. The van der Waals surface area contributed by atoms with Gasteiger partial charge in [0.05, 0.1) is 11.8 Å². The molecule has 0 saturated heterocycles. The van der Waals surface area contributed by atoms with E-state index in [2.05, 4.69) is 15.8 Å². The van der Waals surface area contributed by atoms with Crippen LogP contribution in [0.4, 0.5) is 5.69 Å². The number of aryl methyl sites for hydroxylation is 1. The third-order valence-corrected chi connectivity index (χ3v) is 4.31. The van der Waals surface area contributed by atoms with Gasteiger partial charge in [0.15, 0.2) is 0 Å². The maximum atomic E-state index is 12.3. The Bertz CT molecular complexity index is 1140. The number of esters is 1. The number of ether oxygens (including phenoxy) is 1. The number of hydrazone groups is 1. The van der Waals surface area contributed by atoms with E-state index in [1.807, 2.05) is 13.0 Å². The van der Waals surface area contributed by atoms with Crippen molar-refractivity contribution in [1.82, 2.24) is 5.43 Å². The Balaban J connectivity index is 1.62. The van der Waals surface area contributed by atoms with E-state index in [-0.39, 0.29) is 5.75 Å². The largest absolute Gasteiger partial charge is 0.422 e. The molecule has 0 fully saturated rings. The average molecular weight is 436 g/mol. The Morgan fingerprint density at radius 2 is 1.68 bits per heavy atom. The SMILES string of the molecule is Cc1cccc(NC(=O)C(=O)N/N=C/c2ccccc2OC(=O)c2ccc(Cl)cc2)c1. The van der Waals surface area contributed by atoms with Gasteiger partial charge in [0.1, 0.15) is 5.75 Å². The van der Waals surface area contributed by atoms with Crippen molar-refractivity contribution in [2.75, 3.05) is 5.32 Å². The van der Waals surface area contributed by atoms with Crippen LogP contribution in [0.1, 0.15) is 21.5 Å². The van der Waals surface area contributed by atoms with Crippen LogP contribution < -0.4 is 15.5 Å². The van der Waals surface area contributed by atoms with Gasteiger partial charge in [0, 0.05) is 16.3 Å². The van der Waals surface area contributed by atoms with Gasteiger partial charge in [-0.1, -0.05) is 35.9 Å². The lowest BCUT2D eigenvalue weighted by molar-refractivity contribution is -0.136. The van der Waals surface area contributed by atoms with Crippen molar-refractivity contribution in [3.8, 4) is 5.75 Å². The third kappa shape index (κ3) is 6.25. The first-order valence-electron chi connectivity index (χ1n) is 9.20. The van der Waals surface area contributed by atoms with Crippen molar-refractivity contribution in [1.29, 1.82) is 0 Å². The number of nitrogens with zero attached hydrogens (tertiary/aromatic N) is 1. The number of anilines is 1. The Labute approximate surface area is 183 Å². The molecule has 2 amide bonds. The highest BCUT2D eigenvalue weighted by atomic mass is 35.5. The maximum absolute atomic E-state index is 12.3. The van der Waals surface area contributed by atoms with Crippen LogP contribution in [0.3, 0.4) is 0 Å². The molecule has 156 valence electrons. The summed E-state index contributed by atoms with van der Waals surface area (Å²) in [7, 11) is 0. The van der Waals surface area contributed by atoms with Crippen LogP contribution in [0.25, 0.3) is 0 Å². The summed E-state index contributed by atoms with van der Waals surface area (Å²) in [6.45, 7) is 1.87. The summed E-state index contributed by atoms with van der Waals surface area (Å²) >= 11 is 5.83. The first-order valence-corrected chi connectivity index (χ1v) is 9.58. The molecule has 0 atom stereocenters. The first kappa shape index (κ1) is 21.7. The van der Waals surface area contributed by atoms with Crippen molar-refractivity contribution in [2.45, 2.75) is 6.92 Å². The summed E-state index contributed by atoms with van der Waals surface area (Å²) in [5.41, 5.74) is 4.36. The Morgan fingerprint density at radius 1 is 0.935 bits per heavy atom. The van der Waals surface area contributed by atoms with Crippen molar-refractivity contribution >= 4 is 41.3 Å². The fraction of sp³-hybridized carbons (Fsp3) is 0.0435. The number of amides is 2. The van der Waals surface area contributed by atoms with Crippen LogP contribution in [-0.2, 0) is 9.59 Å². The van der Waals surface area contributed by atoms with Crippen LogP contribution in [0, 0.1) is 6.92 Å². The third-order valence-electron chi connectivity index (χ3n) is 4.05. The minimum atomic E-state index is -0.937. The molecule has 0 radical (unpaired) electrons. The second-order valence-corrected chi connectivity index (χ2v) is 6.89. The number of benzene rings is 3. The Morgan fingerprint density at radius 3 is 2.42 bits per heavy atom. The van der Waals surface area contributed by atoms with E-state index in [4.69, 9.17) is 16.3 Å². The molecule has 0 aliphatic heterocycles. The number of para-hydroxylation sites is 1. The van der Waals surface area contributed by atoms with Crippen LogP contribution in [0.2, 0.25) is 5.02 Å². The van der Waals surface area contributed by atoms with Gasteiger partial charge in [-0.25, -0.2) is 10.2 Å². The molecule has 3 aromatic carbocycles. The molecule has 0 bridgehead atoms. The van der Waals surface area contributed by atoms with Crippen LogP contribution in [0.15, 0.2) is 77.9 Å². The lowest BCUT2D eigenvalue weighted by Crippen LogP contribution is -2.32. The molecule has 0 aliphatic carbocycles. The zero-order valence-corrected chi connectivity index (χ0v) is 17.2. The molecule has 0 aromatic heterocycles. The van der Waals surface area contributed by atoms with Gasteiger partial charge in [-0.2, -0.15) is 5.10 Å². The van der Waals surface area contributed by atoms with Crippen LogP contribution in [0.5, 0.6) is 5.75 Å². The summed E-state index contributed by atoms with van der Waals surface area (Å²) < 4.78 is 5.40. The second kappa shape index (κ2) is 10.2. The number of hydrogen-bond acceptors (Lipinski definition) is 5. The summed E-state index contributed by atoms with van der Waals surface area (Å²) in [5.74, 6) is -2.12. The lowest BCUT2D eigenvalue weighted by atomic mass is 10.2. The molecular formula is C23H18ClN3O4. The molecule has 3 aromatic rings. The molecule has 0 saturated carbocycles. The number of halogens is 1. The predicted octanol–water partition coefficient (Wildman–Crippen LogP) is 3.96. The highest BCUT2D eigenvalue weighted by molar-refractivity contribution is 6.39. The van der Waals surface area contributed by atoms with Gasteiger partial charge in [-0.05, 0) is 61.0 Å². The highest BCUT2D eigenvalue weighted by Crippen LogP contribution is 2.18. The van der Waals surface area contributed by atoms with E-state index in [0.717, 1.165) is 5.56 Å². The Hall–Kier alpha value is -3.97. The molecule has 8 heteroatoms. The van der Waals surface area contributed by atoms with E-state index in [9.17, 15) is 14.4 Å². The maximum Gasteiger partial charge on any atom is 0.343 e. The van der Waals surface area contributed by atoms with Gasteiger partial charge >= 0.3 is 17.8 Å². The standard InChI is InChI=1S/C23H18ClN3O4/c1-15-5-4-7-19(13-15)26-21(28)22(29)27-25-14-17-6-2-3-8-20(17)31-23(30)16-9-11-18(24)12-10-16/h2-14H,1H3,(H,26,28)(H,27,29)/b25-14+. The Kier molecular flexibility index (Phi) is 7.13. The van der Waals surface area contributed by atoms with Crippen molar-refractivity contribution in [2.24, 2.45) is 5.10 Å². The normalized spacial score (nSPS) is 10.5. The highest BCUT2D eigenvalue weighted by Gasteiger charge is 2.14. The van der Waals surface area contributed by atoms with Gasteiger partial charge in [0.25, 0.3) is 0 Å². The molecule has 31 heavy (non-hydrogen) atoms. The summed E-state index contributed by atoms with van der Waals surface area (Å²) in [4.78, 5) is 36.3. The van der Waals surface area contributed by atoms with Crippen molar-refractivity contribution in [3.05, 3.63) is 94.5 Å². The predicted molar refractivity (Wildman–Crippen MR) is 118 cm³/mol. The van der Waals surface area contributed by atoms with E-state index >= 15 is 0 Å². The smallest absolute Gasteiger partial charge is 0.343 e. The van der Waals surface area contributed by atoms with E-state index in [1.165, 1.54) is 6.21 Å². The van der Waals surface area contributed by atoms with Crippen molar-refractivity contribution < 1.29 is 19.1 Å². The topological polar surface area (TPSA) is 96.9 Å². The summed E-state index contributed by atoms with van der Waals surface area (Å²) in [6.07, 6.45) is 1.28. The zero-order chi connectivity index (χ0) is 22.2. The molecule has 0 aliphatic rings. The van der Waals surface area contributed by atoms with Gasteiger partial charge in [-0.15, -0.1) is 0 Å². The van der Waals surface area contributed by atoms with Gasteiger partial charge in [0.2, 0.25) is 0 Å². The number of carbonyl (C=O) groups is 3. The summed E-state index contributed by atoms with van der Waals surface area (Å²) in [5, 5.41) is 6.77. The number of rotatable bonds is 5. The van der Waals surface area contributed by atoms with E-state index in [1.54, 1.807) is 66.7 Å². The zero-order valence-electron chi connectivity index (χ0n) is 16.5. The quantitative estimate of drug-likeness (QED) is 0.208. The number of hydrogen-bond donors (Lipinski definition) is 2. The molecule has 0 heterocycles. The molecule has 0 unspecified atom stereocenters. The number of carbonyl (C=O) groups excluding carboxylic acids is 3. The van der Waals surface area contributed by atoms with Crippen LogP contribution >= 0.6 is 11.6 Å². The van der Waals surface area contributed by atoms with Crippen molar-refractivity contribution in [3.63, 3.8) is 0 Å². The van der Waals surface area contributed by atoms with Gasteiger partial charge in [-0.3, -0.25) is 9.59 Å². The molecular weight excluding hydrogens is 418 g/mol. The minimum absolute atomic E-state index is 0.240.